The van der Waals surface area contributed by atoms with E-state index in [1.807, 2.05) is 0 Å². The Morgan fingerprint density at radius 2 is 1.07 bits per heavy atom. The topological polar surface area (TPSA) is 24.9 Å². The number of hydrogen-bond acceptors (Lipinski definition) is 4. The van der Waals surface area contributed by atoms with Crippen molar-refractivity contribution in [3.63, 3.8) is 0 Å². The normalized spacial score (nSPS) is 43.2. The summed E-state index contributed by atoms with van der Waals surface area (Å²) in [4.78, 5) is 12.9. The minimum Gasteiger partial charge on any atom is -0.295 e. The molecule has 0 aromatic heterocycles. The first-order valence-corrected chi connectivity index (χ1v) is 10.1. The van der Waals surface area contributed by atoms with E-state index in [2.05, 4.69) is 84.9 Å². The Labute approximate surface area is 160 Å². The van der Waals surface area contributed by atoms with Gasteiger partial charge < -0.3 is 0 Å². The van der Waals surface area contributed by atoms with E-state index in [-0.39, 0.29) is 0 Å². The van der Waals surface area contributed by atoms with Gasteiger partial charge in [-0.25, -0.2) is 0 Å². The SMILES string of the molecule is CN1O[C@H]2[C@@H]3C[C@H]([C@H]4ON(C)[C@@H](c5ccccc5)[C@@H]34)[C@H]2[C@H]1c1ccccc1. The molecular formula is C23H26N2O2. The third-order valence-electron chi connectivity index (χ3n) is 7.51. The lowest BCUT2D eigenvalue weighted by Gasteiger charge is -2.34. The first-order chi connectivity index (χ1) is 13.2. The molecule has 0 amide bonds. The van der Waals surface area contributed by atoms with Crippen LogP contribution in [0.5, 0.6) is 0 Å². The van der Waals surface area contributed by atoms with Gasteiger partial charge in [0, 0.05) is 25.9 Å². The summed E-state index contributed by atoms with van der Waals surface area (Å²) in [5.41, 5.74) is 2.73. The van der Waals surface area contributed by atoms with Gasteiger partial charge in [-0.05, 0) is 29.4 Å². The maximum Gasteiger partial charge on any atom is 0.0876 e. The zero-order valence-corrected chi connectivity index (χ0v) is 15.8. The van der Waals surface area contributed by atoms with Gasteiger partial charge >= 0.3 is 0 Å². The molecule has 0 spiro atoms. The summed E-state index contributed by atoms with van der Waals surface area (Å²) in [7, 11) is 4.21. The van der Waals surface area contributed by atoms with Crippen LogP contribution < -0.4 is 0 Å². The Kier molecular flexibility index (Phi) is 3.54. The van der Waals surface area contributed by atoms with E-state index in [1.165, 1.54) is 17.5 Å². The predicted molar refractivity (Wildman–Crippen MR) is 102 cm³/mol. The number of fused-ring (bicyclic) bond motifs is 8. The summed E-state index contributed by atoms with van der Waals surface area (Å²) >= 11 is 0. The van der Waals surface area contributed by atoms with E-state index in [0.29, 0.717) is 48.0 Å². The van der Waals surface area contributed by atoms with Crippen LogP contribution >= 0.6 is 0 Å². The Balaban J connectivity index is 1.36. The van der Waals surface area contributed by atoms with Crippen LogP contribution in [-0.4, -0.2) is 36.4 Å². The molecule has 4 fully saturated rings. The smallest absolute Gasteiger partial charge is 0.0876 e. The largest absolute Gasteiger partial charge is 0.295 e. The van der Waals surface area contributed by atoms with Crippen molar-refractivity contribution in [2.24, 2.45) is 23.7 Å². The number of hydroxylamine groups is 4. The van der Waals surface area contributed by atoms with Crippen molar-refractivity contribution in [2.75, 3.05) is 14.1 Å². The number of hydrogen-bond donors (Lipinski definition) is 0. The second-order valence-electron chi connectivity index (χ2n) is 8.66. The molecule has 140 valence electrons. The molecule has 2 aromatic carbocycles. The first-order valence-electron chi connectivity index (χ1n) is 10.1. The zero-order chi connectivity index (χ0) is 18.1. The van der Waals surface area contributed by atoms with Crippen molar-refractivity contribution in [3.05, 3.63) is 71.8 Å². The number of benzene rings is 2. The van der Waals surface area contributed by atoms with Crippen LogP contribution in [0.2, 0.25) is 0 Å². The minimum atomic E-state index is 0.313. The van der Waals surface area contributed by atoms with Gasteiger partial charge in [0.2, 0.25) is 0 Å². The standard InChI is InChI=1S/C23H26N2O2/c1-24-20(14-9-5-3-6-10-14)18-16-13-17(22(18)26-24)19-21(25(2)27-23(16)19)15-11-7-4-8-12-15/h3-12,16-23H,13H2,1-2H3/t16-,17+,18-,19+,20+,21-,22-,23+. The molecule has 2 heterocycles. The van der Waals surface area contributed by atoms with Gasteiger partial charge in [0.1, 0.15) is 0 Å². The van der Waals surface area contributed by atoms with Gasteiger partial charge in [0.15, 0.2) is 0 Å². The minimum absolute atomic E-state index is 0.313. The summed E-state index contributed by atoms with van der Waals surface area (Å²) in [5.74, 6) is 2.17. The van der Waals surface area contributed by atoms with Crippen LogP contribution in [0.3, 0.4) is 0 Å². The van der Waals surface area contributed by atoms with Gasteiger partial charge in [-0.1, -0.05) is 60.7 Å². The lowest BCUT2D eigenvalue weighted by molar-refractivity contribution is -0.165. The summed E-state index contributed by atoms with van der Waals surface area (Å²) < 4.78 is 0. The highest BCUT2D eigenvalue weighted by atomic mass is 16.7. The van der Waals surface area contributed by atoms with E-state index < -0.39 is 0 Å². The zero-order valence-electron chi connectivity index (χ0n) is 15.8. The molecule has 0 unspecified atom stereocenters. The van der Waals surface area contributed by atoms with Crippen LogP contribution in [0.4, 0.5) is 0 Å². The lowest BCUT2D eigenvalue weighted by Crippen LogP contribution is -2.40. The summed E-state index contributed by atoms with van der Waals surface area (Å²) in [5, 5.41) is 4.23. The van der Waals surface area contributed by atoms with Gasteiger partial charge in [0.05, 0.1) is 24.3 Å². The number of nitrogens with zero attached hydrogens (tertiary/aromatic N) is 2. The summed E-state index contributed by atoms with van der Waals surface area (Å²) in [6, 6.07) is 22.4. The molecule has 27 heavy (non-hydrogen) atoms. The van der Waals surface area contributed by atoms with Gasteiger partial charge in [-0.3, -0.25) is 9.68 Å². The van der Waals surface area contributed by atoms with E-state index in [1.54, 1.807) is 0 Å². The Hall–Kier alpha value is -1.72. The van der Waals surface area contributed by atoms with E-state index in [9.17, 15) is 0 Å². The molecule has 2 saturated heterocycles. The van der Waals surface area contributed by atoms with Crippen molar-refractivity contribution in [1.29, 1.82) is 0 Å². The average molecular weight is 362 g/mol. The molecule has 2 aliphatic carbocycles. The maximum atomic E-state index is 6.47. The average Bonchev–Trinajstić information content (AvgIpc) is 3.40. The third-order valence-corrected chi connectivity index (χ3v) is 7.51. The van der Waals surface area contributed by atoms with Crippen LogP contribution in [-0.2, 0) is 9.68 Å². The van der Waals surface area contributed by atoms with Crippen molar-refractivity contribution < 1.29 is 9.68 Å². The fourth-order valence-electron chi connectivity index (χ4n) is 6.68. The molecule has 4 heteroatoms. The molecule has 6 rings (SSSR count). The highest BCUT2D eigenvalue weighted by Crippen LogP contribution is 2.66. The Morgan fingerprint density at radius 1 is 0.667 bits per heavy atom. The van der Waals surface area contributed by atoms with Crippen LogP contribution in [0.25, 0.3) is 0 Å². The molecule has 0 radical (unpaired) electrons. The summed E-state index contributed by atoms with van der Waals surface area (Å²) in [6.07, 6.45) is 1.86. The molecule has 2 bridgehead atoms. The molecule has 4 aliphatic rings. The monoisotopic (exact) mass is 362 g/mol. The van der Waals surface area contributed by atoms with E-state index in [4.69, 9.17) is 9.68 Å². The first kappa shape index (κ1) is 16.3. The molecule has 0 N–H and O–H groups in total. The Bertz CT molecular complexity index is 759. The van der Waals surface area contributed by atoms with Gasteiger partial charge in [0.25, 0.3) is 0 Å². The number of rotatable bonds is 2. The fourth-order valence-corrected chi connectivity index (χ4v) is 6.68. The predicted octanol–water partition coefficient (Wildman–Crippen LogP) is 3.84. The fraction of sp³-hybridized carbons (Fsp3) is 0.478. The Morgan fingerprint density at radius 3 is 1.48 bits per heavy atom. The molecule has 4 nitrogen and oxygen atoms in total. The van der Waals surface area contributed by atoms with Crippen LogP contribution in [0.15, 0.2) is 60.7 Å². The van der Waals surface area contributed by atoms with E-state index >= 15 is 0 Å². The molecule has 2 saturated carbocycles. The summed E-state index contributed by atoms with van der Waals surface area (Å²) in [6.45, 7) is 0. The highest BCUT2D eigenvalue weighted by molar-refractivity contribution is 5.28. The quantitative estimate of drug-likeness (QED) is 0.810. The van der Waals surface area contributed by atoms with E-state index in [0.717, 1.165) is 0 Å². The third kappa shape index (κ3) is 2.18. The van der Waals surface area contributed by atoms with Gasteiger partial charge in [-0.15, -0.1) is 0 Å². The molecule has 8 atom stereocenters. The van der Waals surface area contributed by atoms with Crippen LogP contribution in [0, 0.1) is 23.7 Å². The highest BCUT2D eigenvalue weighted by Gasteiger charge is 2.69. The second kappa shape index (κ2) is 5.89. The van der Waals surface area contributed by atoms with Crippen molar-refractivity contribution in [1.82, 2.24) is 10.1 Å². The second-order valence-corrected chi connectivity index (χ2v) is 8.66. The molecule has 2 aromatic rings. The van der Waals surface area contributed by atoms with Crippen molar-refractivity contribution in [3.8, 4) is 0 Å². The lowest BCUT2D eigenvalue weighted by atomic mass is 9.71. The maximum absolute atomic E-state index is 6.47. The molecular weight excluding hydrogens is 336 g/mol. The van der Waals surface area contributed by atoms with Crippen molar-refractivity contribution >= 4 is 0 Å². The van der Waals surface area contributed by atoms with Crippen LogP contribution in [0.1, 0.15) is 29.6 Å². The van der Waals surface area contributed by atoms with Crippen molar-refractivity contribution in [2.45, 2.75) is 30.7 Å². The van der Waals surface area contributed by atoms with Gasteiger partial charge in [-0.2, -0.15) is 10.1 Å². The molecule has 2 aliphatic heterocycles.